The number of nitrogen functional groups attached to an aromatic ring is 1. The number of nitrogens with two attached hydrogens (primary N) is 1. The normalized spacial score (nSPS) is 11.4. The van der Waals surface area contributed by atoms with Crippen molar-refractivity contribution in [2.75, 3.05) is 12.3 Å². The molecule has 0 atom stereocenters. The Labute approximate surface area is 96.4 Å². The third-order valence-electron chi connectivity index (χ3n) is 2.08. The van der Waals surface area contributed by atoms with Crippen LogP contribution in [-0.2, 0) is 6.18 Å². The van der Waals surface area contributed by atoms with Gasteiger partial charge in [0.1, 0.15) is 11.3 Å². The van der Waals surface area contributed by atoms with E-state index in [0.29, 0.717) is 0 Å². The van der Waals surface area contributed by atoms with Crippen molar-refractivity contribution in [2.24, 2.45) is 0 Å². The molecule has 0 spiro atoms. The van der Waals surface area contributed by atoms with Gasteiger partial charge >= 0.3 is 6.18 Å². The second kappa shape index (κ2) is 4.65. The number of Topliss-reactive ketones (excluding diaryl/α,β-unsaturated/α-hetero) is 1. The molecule has 1 aromatic rings. The predicted octanol–water partition coefficient (Wildman–Crippen LogP) is 2.89. The lowest BCUT2D eigenvalue weighted by Crippen LogP contribution is -2.13. The molecule has 0 aliphatic carbocycles. The van der Waals surface area contributed by atoms with Crippen molar-refractivity contribution >= 4 is 11.5 Å². The van der Waals surface area contributed by atoms with E-state index in [0.717, 1.165) is 13.0 Å². The molecule has 6 heteroatoms. The molecule has 94 valence electrons. The van der Waals surface area contributed by atoms with Crippen LogP contribution in [0.3, 0.4) is 0 Å². The van der Waals surface area contributed by atoms with Gasteiger partial charge in [0.05, 0.1) is 12.2 Å². The zero-order valence-electron chi connectivity index (χ0n) is 9.39. The highest BCUT2D eigenvalue weighted by molar-refractivity contribution is 5.98. The molecule has 0 bridgehead atoms. The van der Waals surface area contributed by atoms with E-state index in [1.807, 2.05) is 0 Å². The monoisotopic (exact) mass is 247 g/mol. The minimum absolute atomic E-state index is 0.0350. The van der Waals surface area contributed by atoms with Crippen molar-refractivity contribution in [3.8, 4) is 5.75 Å². The Morgan fingerprint density at radius 1 is 1.41 bits per heavy atom. The molecule has 0 aromatic heterocycles. The molecule has 1 rings (SSSR count). The number of rotatable bonds is 3. The maximum absolute atomic E-state index is 12.7. The summed E-state index contributed by atoms with van der Waals surface area (Å²) in [7, 11) is 0. The summed E-state index contributed by atoms with van der Waals surface area (Å²) < 4.78 is 43.2. The molecule has 3 nitrogen and oxygen atoms in total. The van der Waals surface area contributed by atoms with E-state index in [1.54, 1.807) is 6.92 Å². The highest BCUT2D eigenvalue weighted by Crippen LogP contribution is 2.40. The summed E-state index contributed by atoms with van der Waals surface area (Å²) in [6, 6.07) is 1.94. The lowest BCUT2D eigenvalue weighted by atomic mass is 10.0. The number of ether oxygens (including phenoxy) is 1. The van der Waals surface area contributed by atoms with Crippen molar-refractivity contribution in [1.82, 2.24) is 0 Å². The van der Waals surface area contributed by atoms with Gasteiger partial charge in [-0.25, -0.2) is 0 Å². The summed E-state index contributed by atoms with van der Waals surface area (Å²) in [5, 5.41) is 0. The van der Waals surface area contributed by atoms with E-state index < -0.39 is 23.3 Å². The second-order valence-corrected chi connectivity index (χ2v) is 3.43. The number of hydrogen-bond donors (Lipinski definition) is 1. The quantitative estimate of drug-likeness (QED) is 0.660. The van der Waals surface area contributed by atoms with Gasteiger partial charge in [-0.1, -0.05) is 0 Å². The van der Waals surface area contributed by atoms with Crippen molar-refractivity contribution in [2.45, 2.75) is 20.0 Å². The van der Waals surface area contributed by atoms with E-state index in [2.05, 4.69) is 0 Å². The van der Waals surface area contributed by atoms with Crippen LogP contribution in [0.25, 0.3) is 0 Å². The molecule has 0 aliphatic rings. The van der Waals surface area contributed by atoms with E-state index in [-0.39, 0.29) is 17.9 Å². The van der Waals surface area contributed by atoms with Crippen LogP contribution in [0.15, 0.2) is 12.1 Å². The van der Waals surface area contributed by atoms with Crippen molar-refractivity contribution in [3.05, 3.63) is 23.3 Å². The first-order chi connectivity index (χ1) is 7.77. The van der Waals surface area contributed by atoms with Crippen molar-refractivity contribution in [3.63, 3.8) is 0 Å². The lowest BCUT2D eigenvalue weighted by Gasteiger charge is -2.16. The number of benzene rings is 1. The SMILES string of the molecule is CCOc1c(C(C)=O)cc(N)cc1C(F)(F)F. The van der Waals surface area contributed by atoms with E-state index in [9.17, 15) is 18.0 Å². The number of anilines is 1. The molecular weight excluding hydrogens is 235 g/mol. The molecule has 0 saturated heterocycles. The molecule has 17 heavy (non-hydrogen) atoms. The average molecular weight is 247 g/mol. The maximum atomic E-state index is 12.7. The highest BCUT2D eigenvalue weighted by atomic mass is 19.4. The van der Waals surface area contributed by atoms with Gasteiger partial charge in [0.25, 0.3) is 0 Å². The smallest absolute Gasteiger partial charge is 0.420 e. The van der Waals surface area contributed by atoms with Crippen LogP contribution in [0.4, 0.5) is 18.9 Å². The largest absolute Gasteiger partial charge is 0.492 e. The molecule has 0 amide bonds. The number of alkyl halides is 3. The zero-order chi connectivity index (χ0) is 13.2. The van der Waals surface area contributed by atoms with Crippen LogP contribution in [0.1, 0.15) is 29.8 Å². The Hall–Kier alpha value is -1.72. The highest BCUT2D eigenvalue weighted by Gasteiger charge is 2.36. The zero-order valence-corrected chi connectivity index (χ0v) is 9.39. The summed E-state index contributed by atoms with van der Waals surface area (Å²) in [6.07, 6.45) is -4.61. The van der Waals surface area contributed by atoms with E-state index >= 15 is 0 Å². The van der Waals surface area contributed by atoms with Gasteiger partial charge in [0.2, 0.25) is 0 Å². The lowest BCUT2D eigenvalue weighted by molar-refractivity contribution is -0.138. The molecule has 0 heterocycles. The minimum atomic E-state index is -4.61. The fourth-order valence-corrected chi connectivity index (χ4v) is 1.42. The number of ketones is 1. The molecule has 0 saturated carbocycles. The standard InChI is InChI=1S/C11H12F3NO2/c1-3-17-10-8(6(2)16)4-7(15)5-9(10)11(12,13)14/h4-5H,3,15H2,1-2H3. The van der Waals surface area contributed by atoms with Crippen LogP contribution >= 0.6 is 0 Å². The first kappa shape index (κ1) is 13.3. The van der Waals surface area contributed by atoms with Gasteiger partial charge in [-0.15, -0.1) is 0 Å². The first-order valence-electron chi connectivity index (χ1n) is 4.91. The Morgan fingerprint density at radius 3 is 2.41 bits per heavy atom. The maximum Gasteiger partial charge on any atom is 0.420 e. The Kier molecular flexibility index (Phi) is 3.65. The number of carbonyl (C=O) groups excluding carboxylic acids is 1. The summed E-state index contributed by atoms with van der Waals surface area (Å²) >= 11 is 0. The number of hydrogen-bond acceptors (Lipinski definition) is 3. The summed E-state index contributed by atoms with van der Waals surface area (Å²) in [6.45, 7) is 2.74. The molecule has 0 fully saturated rings. The van der Waals surface area contributed by atoms with Crippen molar-refractivity contribution < 1.29 is 22.7 Å². The van der Waals surface area contributed by atoms with Crippen LogP contribution in [0, 0.1) is 0 Å². The fourth-order valence-electron chi connectivity index (χ4n) is 1.42. The van der Waals surface area contributed by atoms with E-state index in [1.165, 1.54) is 6.07 Å². The Balaban J connectivity index is 3.51. The van der Waals surface area contributed by atoms with Gasteiger partial charge in [-0.2, -0.15) is 13.2 Å². The molecular formula is C11H12F3NO2. The fraction of sp³-hybridized carbons (Fsp3) is 0.364. The molecule has 0 unspecified atom stereocenters. The second-order valence-electron chi connectivity index (χ2n) is 3.43. The number of halogens is 3. The third-order valence-corrected chi connectivity index (χ3v) is 2.08. The topological polar surface area (TPSA) is 52.3 Å². The van der Waals surface area contributed by atoms with Crippen LogP contribution in [-0.4, -0.2) is 12.4 Å². The molecule has 2 N–H and O–H groups in total. The summed E-state index contributed by atoms with van der Waals surface area (Å²) in [4.78, 5) is 11.3. The Morgan fingerprint density at radius 2 is 2.00 bits per heavy atom. The third kappa shape index (κ3) is 2.89. The summed E-state index contributed by atoms with van der Waals surface area (Å²) in [5.41, 5.74) is 4.05. The van der Waals surface area contributed by atoms with Gasteiger partial charge < -0.3 is 10.5 Å². The van der Waals surface area contributed by atoms with Gasteiger partial charge in [-0.05, 0) is 26.0 Å². The van der Waals surface area contributed by atoms with Crippen LogP contribution in [0.5, 0.6) is 5.75 Å². The minimum Gasteiger partial charge on any atom is -0.492 e. The van der Waals surface area contributed by atoms with Crippen molar-refractivity contribution in [1.29, 1.82) is 0 Å². The van der Waals surface area contributed by atoms with Gasteiger partial charge in [0.15, 0.2) is 5.78 Å². The van der Waals surface area contributed by atoms with Crippen LogP contribution < -0.4 is 10.5 Å². The molecule has 1 aromatic carbocycles. The number of carbonyl (C=O) groups is 1. The van der Waals surface area contributed by atoms with Gasteiger partial charge in [-0.3, -0.25) is 4.79 Å². The Bertz CT molecular complexity index is 441. The van der Waals surface area contributed by atoms with Crippen LogP contribution in [0.2, 0.25) is 0 Å². The van der Waals surface area contributed by atoms with E-state index in [4.69, 9.17) is 10.5 Å². The first-order valence-corrected chi connectivity index (χ1v) is 4.91. The molecule has 0 aliphatic heterocycles. The van der Waals surface area contributed by atoms with Gasteiger partial charge in [0, 0.05) is 5.69 Å². The molecule has 0 radical (unpaired) electrons. The predicted molar refractivity (Wildman–Crippen MR) is 57.0 cm³/mol. The average Bonchev–Trinajstić information content (AvgIpc) is 2.18. The summed E-state index contributed by atoms with van der Waals surface area (Å²) in [5.74, 6) is -0.979.